The van der Waals surface area contributed by atoms with Crippen LogP contribution < -0.4 is 15.8 Å². The van der Waals surface area contributed by atoms with Crippen LogP contribution in [0.5, 0.6) is 5.88 Å². The summed E-state index contributed by atoms with van der Waals surface area (Å²) in [5.41, 5.74) is 8.46. The van der Waals surface area contributed by atoms with Crippen molar-refractivity contribution in [3.05, 3.63) is 40.9 Å². The highest BCUT2D eigenvalue weighted by Crippen LogP contribution is 2.31. The second-order valence-electron chi connectivity index (χ2n) is 8.11. The van der Waals surface area contributed by atoms with Crippen molar-refractivity contribution in [3.63, 3.8) is 0 Å². The Bertz CT molecular complexity index is 1130. The van der Waals surface area contributed by atoms with Crippen LogP contribution in [0.4, 0.5) is 5.95 Å². The average molecular weight is 426 g/mol. The quantitative estimate of drug-likeness (QED) is 0.607. The molecule has 1 aliphatic rings. The van der Waals surface area contributed by atoms with Gasteiger partial charge in [-0.15, -0.1) is 0 Å². The predicted octanol–water partition coefficient (Wildman–Crippen LogP) is 4.39. The van der Waals surface area contributed by atoms with Gasteiger partial charge >= 0.3 is 0 Å². The zero-order chi connectivity index (χ0) is 21.5. The summed E-state index contributed by atoms with van der Waals surface area (Å²) >= 11 is 6.40. The second-order valence-corrected chi connectivity index (χ2v) is 8.52. The molecule has 1 amide bonds. The van der Waals surface area contributed by atoms with E-state index in [4.69, 9.17) is 27.1 Å². The van der Waals surface area contributed by atoms with Crippen molar-refractivity contribution in [2.24, 2.45) is 0 Å². The number of amides is 1. The minimum absolute atomic E-state index is 0.132. The van der Waals surface area contributed by atoms with Crippen molar-refractivity contribution in [1.82, 2.24) is 20.3 Å². The molecular formula is C22H24ClN5O2. The third kappa shape index (κ3) is 4.31. The largest absolute Gasteiger partial charge is 0.470 e. The fourth-order valence-corrected chi connectivity index (χ4v) is 3.19. The molecule has 3 N–H and O–H groups in total. The summed E-state index contributed by atoms with van der Waals surface area (Å²) in [6.45, 7) is 5.99. The lowest BCUT2D eigenvalue weighted by molar-refractivity contribution is 0.0950. The van der Waals surface area contributed by atoms with Crippen LogP contribution in [0, 0.1) is 0 Å². The summed E-state index contributed by atoms with van der Waals surface area (Å²) in [7, 11) is 0. The Morgan fingerprint density at radius 2 is 2.00 bits per heavy atom. The maximum Gasteiger partial charge on any atom is 0.253 e. The molecule has 2 heterocycles. The molecule has 0 atom stereocenters. The van der Waals surface area contributed by atoms with Crippen LogP contribution >= 0.6 is 11.6 Å². The van der Waals surface area contributed by atoms with Gasteiger partial charge in [0.2, 0.25) is 11.8 Å². The van der Waals surface area contributed by atoms with Crippen LogP contribution in [0.2, 0.25) is 5.02 Å². The van der Waals surface area contributed by atoms with Gasteiger partial charge in [0.15, 0.2) is 5.52 Å². The molecule has 4 rings (SSSR count). The minimum atomic E-state index is -0.425. The standard InChI is InChI=1S/C22H24ClN5O2/c1-4-22(2,3)30-20-18-17(27-21(24)28-20)10-9-16(26-18)12-5-8-14(15(23)11-12)19(29)25-13-6-7-13/h5,8-11,13H,4,6-7H2,1-3H3,(H,25,29)(H2,24,27,28). The van der Waals surface area contributed by atoms with Crippen molar-refractivity contribution < 1.29 is 9.53 Å². The molecule has 0 bridgehead atoms. The molecule has 0 radical (unpaired) electrons. The number of carbonyl (C=O) groups is 1. The number of hydrogen-bond donors (Lipinski definition) is 2. The number of carbonyl (C=O) groups excluding carboxylic acids is 1. The maximum absolute atomic E-state index is 12.3. The maximum atomic E-state index is 12.3. The number of benzene rings is 1. The Hall–Kier alpha value is -2.93. The van der Waals surface area contributed by atoms with Gasteiger partial charge in [-0.3, -0.25) is 4.79 Å². The number of nitrogens with two attached hydrogens (primary N) is 1. The first-order valence-electron chi connectivity index (χ1n) is 10.00. The zero-order valence-electron chi connectivity index (χ0n) is 17.2. The minimum Gasteiger partial charge on any atom is -0.470 e. The van der Waals surface area contributed by atoms with Gasteiger partial charge in [-0.1, -0.05) is 24.6 Å². The third-order valence-corrected chi connectivity index (χ3v) is 5.49. The Morgan fingerprint density at radius 1 is 1.23 bits per heavy atom. The van der Waals surface area contributed by atoms with E-state index < -0.39 is 5.60 Å². The number of rotatable bonds is 6. The van der Waals surface area contributed by atoms with Crippen molar-refractivity contribution >= 4 is 34.5 Å². The molecule has 8 heteroatoms. The van der Waals surface area contributed by atoms with Crippen LogP contribution in [0.1, 0.15) is 50.4 Å². The first-order valence-corrected chi connectivity index (χ1v) is 10.4. The van der Waals surface area contributed by atoms with Crippen molar-refractivity contribution in [1.29, 1.82) is 0 Å². The Kier molecular flexibility index (Phi) is 5.24. The lowest BCUT2D eigenvalue weighted by atomic mass is 10.1. The fraction of sp³-hybridized carbons (Fsp3) is 0.364. The van der Waals surface area contributed by atoms with Gasteiger partial charge in [0.05, 0.1) is 21.8 Å². The number of fused-ring (bicyclic) bond motifs is 1. The predicted molar refractivity (Wildman–Crippen MR) is 118 cm³/mol. The van der Waals surface area contributed by atoms with Crippen LogP contribution in [-0.4, -0.2) is 32.5 Å². The SMILES string of the molecule is CCC(C)(C)Oc1nc(N)nc2ccc(-c3ccc(C(=O)NC4CC4)c(Cl)c3)nc12. The number of pyridine rings is 1. The molecule has 1 aromatic carbocycles. The number of nitrogen functional groups attached to an aromatic ring is 1. The van der Waals surface area contributed by atoms with Crippen LogP contribution in [0.3, 0.4) is 0 Å². The molecule has 156 valence electrons. The molecule has 1 fully saturated rings. The highest BCUT2D eigenvalue weighted by atomic mass is 35.5. The number of nitrogens with zero attached hydrogens (tertiary/aromatic N) is 3. The average Bonchev–Trinajstić information content (AvgIpc) is 3.51. The van der Waals surface area contributed by atoms with Gasteiger partial charge in [0.25, 0.3) is 5.91 Å². The number of nitrogens with one attached hydrogen (secondary N) is 1. The topological polar surface area (TPSA) is 103 Å². The van der Waals surface area contributed by atoms with E-state index in [9.17, 15) is 4.79 Å². The fourth-order valence-electron chi connectivity index (χ4n) is 2.92. The van der Waals surface area contributed by atoms with E-state index in [1.54, 1.807) is 12.1 Å². The first-order chi connectivity index (χ1) is 14.3. The summed E-state index contributed by atoms with van der Waals surface area (Å²) in [6, 6.07) is 9.22. The van der Waals surface area contributed by atoms with E-state index in [1.807, 2.05) is 39.0 Å². The third-order valence-electron chi connectivity index (χ3n) is 5.17. The first kappa shape index (κ1) is 20.3. The van der Waals surface area contributed by atoms with Crippen molar-refractivity contribution in [2.45, 2.75) is 51.7 Å². The highest BCUT2D eigenvalue weighted by molar-refractivity contribution is 6.34. The monoisotopic (exact) mass is 425 g/mol. The normalized spacial score (nSPS) is 14.0. The van der Waals surface area contributed by atoms with Crippen LogP contribution in [-0.2, 0) is 0 Å². The zero-order valence-corrected chi connectivity index (χ0v) is 18.0. The molecule has 30 heavy (non-hydrogen) atoms. The molecule has 1 aliphatic carbocycles. The van der Waals surface area contributed by atoms with Gasteiger partial charge in [-0.25, -0.2) is 9.97 Å². The lowest BCUT2D eigenvalue weighted by Crippen LogP contribution is -2.27. The summed E-state index contributed by atoms with van der Waals surface area (Å²) in [5.74, 6) is 0.327. The highest BCUT2D eigenvalue weighted by Gasteiger charge is 2.25. The smallest absolute Gasteiger partial charge is 0.253 e. The van der Waals surface area contributed by atoms with Gasteiger partial charge in [-0.05, 0) is 57.4 Å². The Balaban J connectivity index is 1.71. The van der Waals surface area contributed by atoms with E-state index in [0.29, 0.717) is 33.2 Å². The molecular weight excluding hydrogens is 402 g/mol. The summed E-state index contributed by atoms with van der Waals surface area (Å²) in [6.07, 6.45) is 2.83. The van der Waals surface area contributed by atoms with Crippen molar-refractivity contribution in [2.75, 3.05) is 5.73 Å². The number of aromatic nitrogens is 3. The van der Waals surface area contributed by atoms with E-state index in [-0.39, 0.29) is 17.9 Å². The van der Waals surface area contributed by atoms with Gasteiger partial charge < -0.3 is 15.8 Å². The Labute approximate surface area is 180 Å². The lowest BCUT2D eigenvalue weighted by Gasteiger charge is -2.24. The van der Waals surface area contributed by atoms with E-state index in [0.717, 1.165) is 24.8 Å². The van der Waals surface area contributed by atoms with Gasteiger partial charge in [-0.2, -0.15) is 4.98 Å². The molecule has 0 spiro atoms. The molecule has 0 saturated heterocycles. The summed E-state index contributed by atoms with van der Waals surface area (Å²) < 4.78 is 6.08. The number of ether oxygens (including phenoxy) is 1. The van der Waals surface area contributed by atoms with Crippen LogP contribution in [0.25, 0.3) is 22.3 Å². The number of hydrogen-bond acceptors (Lipinski definition) is 6. The van der Waals surface area contributed by atoms with E-state index in [2.05, 4.69) is 15.3 Å². The number of halogens is 1. The van der Waals surface area contributed by atoms with Crippen LogP contribution in [0.15, 0.2) is 30.3 Å². The van der Waals surface area contributed by atoms with Gasteiger partial charge in [0.1, 0.15) is 5.60 Å². The molecule has 1 saturated carbocycles. The van der Waals surface area contributed by atoms with E-state index in [1.165, 1.54) is 0 Å². The van der Waals surface area contributed by atoms with E-state index >= 15 is 0 Å². The molecule has 2 aromatic heterocycles. The van der Waals surface area contributed by atoms with Gasteiger partial charge in [0, 0.05) is 11.6 Å². The number of anilines is 1. The molecule has 3 aromatic rings. The van der Waals surface area contributed by atoms with Crippen molar-refractivity contribution in [3.8, 4) is 17.1 Å². The Morgan fingerprint density at radius 3 is 2.67 bits per heavy atom. The molecule has 0 aliphatic heterocycles. The summed E-state index contributed by atoms with van der Waals surface area (Å²) in [5, 5.41) is 3.33. The summed E-state index contributed by atoms with van der Waals surface area (Å²) in [4.78, 5) is 25.6. The second kappa shape index (κ2) is 7.72. The molecule has 7 nitrogen and oxygen atoms in total. The molecule has 0 unspecified atom stereocenters.